The van der Waals surface area contributed by atoms with E-state index < -0.39 is 27.3 Å². The van der Waals surface area contributed by atoms with Gasteiger partial charge in [0.1, 0.15) is 12.4 Å². The van der Waals surface area contributed by atoms with Gasteiger partial charge in [0.15, 0.2) is 9.84 Å². The molecule has 0 radical (unpaired) electrons. The van der Waals surface area contributed by atoms with Gasteiger partial charge < -0.3 is 4.90 Å². The summed E-state index contributed by atoms with van der Waals surface area (Å²) in [5.41, 5.74) is -0.00837. The maximum absolute atomic E-state index is 14.1. The van der Waals surface area contributed by atoms with Crippen LogP contribution in [0.3, 0.4) is 0 Å². The molecule has 0 aliphatic carbocycles. The average Bonchev–Trinajstić information content (AvgIpc) is 3.01. The summed E-state index contributed by atoms with van der Waals surface area (Å²) < 4.78 is 38.8. The molecular weight excluding hydrogens is 397 g/mol. The molecule has 1 saturated heterocycles. The second kappa shape index (κ2) is 8.44. The monoisotopic (exact) mass is 421 g/mol. The van der Waals surface area contributed by atoms with Crippen LogP contribution in [0.5, 0.6) is 0 Å². The van der Waals surface area contributed by atoms with Gasteiger partial charge in [-0.15, -0.1) is 0 Å². The predicted octanol–water partition coefficient (Wildman–Crippen LogP) is 1.72. The maximum Gasteiger partial charge on any atom is 0.267 e. The van der Waals surface area contributed by atoms with Crippen LogP contribution in [0.1, 0.15) is 20.3 Å². The molecule has 9 heteroatoms. The first-order valence-corrected chi connectivity index (χ1v) is 11.3. The zero-order valence-electron chi connectivity index (χ0n) is 16.4. The zero-order chi connectivity index (χ0) is 21.2. The predicted molar refractivity (Wildman–Crippen MR) is 108 cm³/mol. The number of sulfone groups is 1. The Morgan fingerprint density at radius 3 is 2.62 bits per heavy atom. The van der Waals surface area contributed by atoms with E-state index in [4.69, 9.17) is 0 Å². The van der Waals surface area contributed by atoms with Gasteiger partial charge in [0, 0.05) is 24.2 Å². The molecule has 3 rings (SSSR count). The highest BCUT2D eigenvalue weighted by Crippen LogP contribution is 2.21. The van der Waals surface area contributed by atoms with Gasteiger partial charge in [-0.1, -0.05) is 26.0 Å². The van der Waals surface area contributed by atoms with E-state index in [-0.39, 0.29) is 41.1 Å². The summed E-state index contributed by atoms with van der Waals surface area (Å²) in [5.74, 6) is -0.726. The van der Waals surface area contributed by atoms with Crippen LogP contribution in [-0.2, 0) is 21.2 Å². The number of rotatable bonds is 6. The number of carbonyl (C=O) groups is 1. The van der Waals surface area contributed by atoms with E-state index in [1.807, 2.05) is 13.8 Å². The molecule has 0 saturated carbocycles. The molecule has 1 aliphatic rings. The van der Waals surface area contributed by atoms with Crippen molar-refractivity contribution >= 4 is 15.7 Å². The van der Waals surface area contributed by atoms with Crippen LogP contribution in [0, 0.1) is 11.7 Å². The van der Waals surface area contributed by atoms with Gasteiger partial charge in [0.25, 0.3) is 5.56 Å². The van der Waals surface area contributed by atoms with Crippen LogP contribution in [0.2, 0.25) is 0 Å². The third-order valence-corrected chi connectivity index (χ3v) is 6.58. The van der Waals surface area contributed by atoms with Crippen LogP contribution >= 0.6 is 0 Å². The Kier molecular flexibility index (Phi) is 6.16. The fraction of sp³-hybridized carbons (Fsp3) is 0.450. The third-order valence-electron chi connectivity index (χ3n) is 4.83. The third kappa shape index (κ3) is 5.09. The molecule has 2 heterocycles. The van der Waals surface area contributed by atoms with Crippen molar-refractivity contribution in [3.8, 4) is 11.3 Å². The molecule has 2 aromatic rings. The summed E-state index contributed by atoms with van der Waals surface area (Å²) in [6.07, 6.45) is 0.387. The minimum absolute atomic E-state index is 0.0561. The minimum Gasteiger partial charge on any atom is -0.337 e. The van der Waals surface area contributed by atoms with Gasteiger partial charge in [-0.05, 0) is 30.5 Å². The molecule has 1 atom stereocenters. The Morgan fingerprint density at radius 1 is 1.28 bits per heavy atom. The summed E-state index contributed by atoms with van der Waals surface area (Å²) in [6, 6.07) is 8.31. The Hall–Kier alpha value is -2.55. The van der Waals surface area contributed by atoms with E-state index in [2.05, 4.69) is 5.10 Å². The van der Waals surface area contributed by atoms with E-state index in [1.54, 1.807) is 23.1 Å². The SMILES string of the molecule is CC(C)CN(C(=O)Cn1nc(-c2ccccc2F)ccc1=O)[C@@H]1CCS(=O)(=O)C1. The second-order valence-electron chi connectivity index (χ2n) is 7.69. The van der Waals surface area contributed by atoms with Crippen molar-refractivity contribution in [1.82, 2.24) is 14.7 Å². The Morgan fingerprint density at radius 2 is 2.00 bits per heavy atom. The molecule has 0 N–H and O–H groups in total. The summed E-state index contributed by atoms with van der Waals surface area (Å²) >= 11 is 0. The largest absolute Gasteiger partial charge is 0.337 e. The highest BCUT2D eigenvalue weighted by Gasteiger charge is 2.35. The van der Waals surface area contributed by atoms with Gasteiger partial charge in [-0.3, -0.25) is 9.59 Å². The van der Waals surface area contributed by atoms with E-state index in [9.17, 15) is 22.4 Å². The van der Waals surface area contributed by atoms with Crippen LogP contribution in [0.15, 0.2) is 41.2 Å². The molecule has 156 valence electrons. The number of amides is 1. The zero-order valence-corrected chi connectivity index (χ0v) is 17.2. The second-order valence-corrected chi connectivity index (χ2v) is 9.92. The van der Waals surface area contributed by atoms with Crippen molar-refractivity contribution in [3.63, 3.8) is 0 Å². The number of hydrogen-bond donors (Lipinski definition) is 0. The molecule has 1 aliphatic heterocycles. The van der Waals surface area contributed by atoms with Gasteiger partial charge in [-0.2, -0.15) is 5.10 Å². The number of halogens is 1. The maximum atomic E-state index is 14.1. The molecule has 1 aromatic heterocycles. The summed E-state index contributed by atoms with van der Waals surface area (Å²) in [6.45, 7) is 3.94. The van der Waals surface area contributed by atoms with E-state index >= 15 is 0 Å². The first-order chi connectivity index (χ1) is 13.7. The summed E-state index contributed by atoms with van der Waals surface area (Å²) in [7, 11) is -3.16. The number of hydrogen-bond acceptors (Lipinski definition) is 5. The molecule has 1 fully saturated rings. The van der Waals surface area contributed by atoms with Crippen molar-refractivity contribution in [2.45, 2.75) is 32.9 Å². The van der Waals surface area contributed by atoms with Crippen molar-refractivity contribution in [1.29, 1.82) is 0 Å². The van der Waals surface area contributed by atoms with Crippen LogP contribution in [-0.4, -0.2) is 53.1 Å². The Balaban J connectivity index is 1.87. The minimum atomic E-state index is -3.16. The first kappa shape index (κ1) is 21.2. The number of carbonyl (C=O) groups excluding carboxylic acids is 1. The van der Waals surface area contributed by atoms with Crippen molar-refractivity contribution < 1.29 is 17.6 Å². The standard InChI is InChI=1S/C20H24FN3O4S/c1-14(2)11-23(15-9-10-29(27,28)13-15)20(26)12-24-19(25)8-7-18(22-24)16-5-3-4-6-17(16)21/h3-8,14-15H,9-13H2,1-2H3/t15-/m1/s1. The van der Waals surface area contributed by atoms with Gasteiger partial charge in [-0.25, -0.2) is 17.5 Å². The van der Waals surface area contributed by atoms with Gasteiger partial charge in [0.2, 0.25) is 5.91 Å². The van der Waals surface area contributed by atoms with Gasteiger partial charge in [0.05, 0.1) is 17.2 Å². The molecule has 0 bridgehead atoms. The van der Waals surface area contributed by atoms with E-state index in [1.165, 1.54) is 18.2 Å². The molecule has 29 heavy (non-hydrogen) atoms. The van der Waals surface area contributed by atoms with Crippen molar-refractivity contribution in [3.05, 3.63) is 52.6 Å². The molecular formula is C20H24FN3O4S. The van der Waals surface area contributed by atoms with E-state index in [0.29, 0.717) is 13.0 Å². The smallest absolute Gasteiger partial charge is 0.267 e. The van der Waals surface area contributed by atoms with Crippen LogP contribution in [0.25, 0.3) is 11.3 Å². The molecule has 0 unspecified atom stereocenters. The van der Waals surface area contributed by atoms with Crippen molar-refractivity contribution in [2.75, 3.05) is 18.1 Å². The normalized spacial score (nSPS) is 18.1. The highest BCUT2D eigenvalue weighted by molar-refractivity contribution is 7.91. The van der Waals surface area contributed by atoms with E-state index in [0.717, 1.165) is 4.68 Å². The van der Waals surface area contributed by atoms with Crippen molar-refractivity contribution in [2.24, 2.45) is 5.92 Å². The fourth-order valence-corrected chi connectivity index (χ4v) is 5.19. The first-order valence-electron chi connectivity index (χ1n) is 9.49. The molecule has 7 nitrogen and oxygen atoms in total. The summed E-state index contributed by atoms with van der Waals surface area (Å²) in [5, 5.41) is 4.16. The molecule has 1 aromatic carbocycles. The molecule has 1 amide bonds. The number of aromatic nitrogens is 2. The fourth-order valence-electron chi connectivity index (χ4n) is 3.46. The number of benzene rings is 1. The Labute approximate surface area is 169 Å². The lowest BCUT2D eigenvalue weighted by Gasteiger charge is -2.30. The highest BCUT2D eigenvalue weighted by atomic mass is 32.2. The quantitative estimate of drug-likeness (QED) is 0.709. The summed E-state index contributed by atoms with van der Waals surface area (Å²) in [4.78, 5) is 26.7. The molecule has 0 spiro atoms. The van der Waals surface area contributed by atoms with Gasteiger partial charge >= 0.3 is 0 Å². The topological polar surface area (TPSA) is 89.3 Å². The van der Waals surface area contributed by atoms with Crippen LogP contribution < -0.4 is 5.56 Å². The number of nitrogens with zero attached hydrogens (tertiary/aromatic N) is 3. The Bertz CT molecular complexity index is 1070. The van der Waals surface area contributed by atoms with Crippen LogP contribution in [0.4, 0.5) is 4.39 Å². The lowest BCUT2D eigenvalue weighted by atomic mass is 10.1. The lowest BCUT2D eigenvalue weighted by molar-refractivity contribution is -0.134. The average molecular weight is 421 g/mol. The lowest BCUT2D eigenvalue weighted by Crippen LogP contribution is -2.46.